The fraction of sp³-hybridized carbons (Fsp3) is 0.381. The van der Waals surface area contributed by atoms with Gasteiger partial charge >= 0.3 is 0 Å². The number of anilines is 1. The number of benzene rings is 2. The first kappa shape index (κ1) is 22.1. The van der Waals surface area contributed by atoms with Crippen molar-refractivity contribution < 1.29 is 13.2 Å². The lowest BCUT2D eigenvalue weighted by Gasteiger charge is -2.20. The highest BCUT2D eigenvalue weighted by molar-refractivity contribution is 7.89. The molecule has 0 spiro atoms. The quantitative estimate of drug-likeness (QED) is 0.661. The molecule has 2 aromatic carbocycles. The van der Waals surface area contributed by atoms with Crippen LogP contribution < -0.4 is 5.32 Å². The lowest BCUT2D eigenvalue weighted by Crippen LogP contribution is -2.32. The van der Waals surface area contributed by atoms with Crippen LogP contribution in [0.3, 0.4) is 0 Å². The van der Waals surface area contributed by atoms with Gasteiger partial charge in [-0.25, -0.2) is 8.42 Å². The number of carbonyl (C=O) groups is 1. The molecule has 0 bridgehead atoms. The maximum absolute atomic E-state index is 12.5. The van der Waals surface area contributed by atoms with Crippen molar-refractivity contribution in [2.24, 2.45) is 0 Å². The summed E-state index contributed by atoms with van der Waals surface area (Å²) in [6.45, 7) is 8.20. The standard InChI is InChI=1S/C21H29N3O3S/c1-4-23(16-18-10-8-7-9-11-18)17-21(25)22-19-12-14-20(15-13-19)28(26,27)24(5-2)6-3/h7-15H,4-6,16-17H2,1-3H3,(H,22,25). The molecule has 0 aliphatic carbocycles. The van der Waals surface area contributed by atoms with Crippen molar-refractivity contribution in [3.8, 4) is 0 Å². The highest BCUT2D eigenvalue weighted by atomic mass is 32.2. The highest BCUT2D eigenvalue weighted by Crippen LogP contribution is 2.18. The van der Waals surface area contributed by atoms with E-state index in [-0.39, 0.29) is 17.3 Å². The molecule has 7 heteroatoms. The van der Waals surface area contributed by atoms with Crippen molar-refractivity contribution in [3.63, 3.8) is 0 Å². The van der Waals surface area contributed by atoms with Crippen LogP contribution in [0.5, 0.6) is 0 Å². The molecule has 152 valence electrons. The Bertz CT molecular complexity index is 848. The van der Waals surface area contributed by atoms with Gasteiger partial charge < -0.3 is 5.32 Å². The van der Waals surface area contributed by atoms with Crippen molar-refractivity contribution in [2.45, 2.75) is 32.2 Å². The second kappa shape index (κ2) is 10.4. The molecule has 0 atom stereocenters. The van der Waals surface area contributed by atoms with Crippen LogP contribution in [-0.4, -0.2) is 49.7 Å². The van der Waals surface area contributed by atoms with Crippen LogP contribution in [0.15, 0.2) is 59.5 Å². The van der Waals surface area contributed by atoms with E-state index >= 15 is 0 Å². The number of carbonyl (C=O) groups excluding carboxylic acids is 1. The zero-order valence-electron chi connectivity index (χ0n) is 16.8. The summed E-state index contributed by atoms with van der Waals surface area (Å²) in [5.41, 5.74) is 1.74. The molecule has 0 heterocycles. The molecular weight excluding hydrogens is 374 g/mol. The average Bonchev–Trinajstić information content (AvgIpc) is 2.69. The molecule has 1 N–H and O–H groups in total. The van der Waals surface area contributed by atoms with Gasteiger partial charge in [0.15, 0.2) is 0 Å². The molecule has 0 radical (unpaired) electrons. The van der Waals surface area contributed by atoms with E-state index in [1.54, 1.807) is 12.1 Å². The summed E-state index contributed by atoms with van der Waals surface area (Å²) >= 11 is 0. The fourth-order valence-electron chi connectivity index (χ4n) is 2.95. The van der Waals surface area contributed by atoms with Gasteiger partial charge in [-0.15, -0.1) is 0 Å². The van der Waals surface area contributed by atoms with E-state index in [4.69, 9.17) is 0 Å². The van der Waals surface area contributed by atoms with Gasteiger partial charge in [-0.1, -0.05) is 51.1 Å². The molecule has 0 fully saturated rings. The van der Waals surface area contributed by atoms with Crippen LogP contribution in [0, 0.1) is 0 Å². The third kappa shape index (κ3) is 5.89. The van der Waals surface area contributed by atoms with Crippen molar-refractivity contribution in [1.29, 1.82) is 0 Å². The molecule has 0 saturated carbocycles. The van der Waals surface area contributed by atoms with Crippen LogP contribution in [0.2, 0.25) is 0 Å². The van der Waals surface area contributed by atoms with E-state index in [1.807, 2.05) is 56.0 Å². The maximum Gasteiger partial charge on any atom is 0.243 e. The Morgan fingerprint density at radius 2 is 1.50 bits per heavy atom. The molecule has 0 unspecified atom stereocenters. The molecule has 0 aliphatic heterocycles. The highest BCUT2D eigenvalue weighted by Gasteiger charge is 2.21. The van der Waals surface area contributed by atoms with Crippen molar-refractivity contribution in [3.05, 3.63) is 60.2 Å². The minimum absolute atomic E-state index is 0.128. The average molecular weight is 404 g/mol. The number of nitrogens with zero attached hydrogens (tertiary/aromatic N) is 2. The third-order valence-corrected chi connectivity index (χ3v) is 6.61. The summed E-state index contributed by atoms with van der Waals surface area (Å²) in [6, 6.07) is 16.3. The molecule has 0 aliphatic rings. The summed E-state index contributed by atoms with van der Waals surface area (Å²) in [7, 11) is -3.49. The number of hydrogen-bond donors (Lipinski definition) is 1. The van der Waals surface area contributed by atoms with Gasteiger partial charge in [0.1, 0.15) is 0 Å². The van der Waals surface area contributed by atoms with Gasteiger partial charge in [-0.2, -0.15) is 4.31 Å². The van der Waals surface area contributed by atoms with Crippen LogP contribution in [0.1, 0.15) is 26.3 Å². The summed E-state index contributed by atoms with van der Waals surface area (Å²) in [5, 5.41) is 2.84. The molecule has 0 aromatic heterocycles. The summed E-state index contributed by atoms with van der Waals surface area (Å²) in [5.74, 6) is -0.128. The minimum Gasteiger partial charge on any atom is -0.325 e. The molecular formula is C21H29N3O3S. The zero-order valence-corrected chi connectivity index (χ0v) is 17.6. The van der Waals surface area contributed by atoms with E-state index in [9.17, 15) is 13.2 Å². The Kier molecular flexibility index (Phi) is 8.17. The van der Waals surface area contributed by atoms with Gasteiger partial charge in [-0.05, 0) is 36.4 Å². The van der Waals surface area contributed by atoms with Gasteiger partial charge in [-0.3, -0.25) is 9.69 Å². The Hall–Kier alpha value is -2.22. The van der Waals surface area contributed by atoms with Gasteiger partial charge in [0.2, 0.25) is 15.9 Å². The van der Waals surface area contributed by atoms with E-state index in [0.717, 1.165) is 12.1 Å². The second-order valence-electron chi connectivity index (χ2n) is 6.45. The largest absolute Gasteiger partial charge is 0.325 e. The zero-order chi connectivity index (χ0) is 20.6. The monoisotopic (exact) mass is 403 g/mol. The lowest BCUT2D eigenvalue weighted by atomic mass is 10.2. The van der Waals surface area contributed by atoms with E-state index in [0.29, 0.717) is 25.3 Å². The van der Waals surface area contributed by atoms with Crippen LogP contribution in [-0.2, 0) is 21.4 Å². The maximum atomic E-state index is 12.5. The fourth-order valence-corrected chi connectivity index (χ4v) is 4.41. The number of sulfonamides is 1. The SMILES string of the molecule is CCN(CC(=O)Nc1ccc(S(=O)(=O)N(CC)CC)cc1)Cc1ccccc1. The predicted octanol–water partition coefficient (Wildman–Crippen LogP) is 3.18. The Labute approximate surface area is 168 Å². The molecule has 6 nitrogen and oxygen atoms in total. The second-order valence-corrected chi connectivity index (χ2v) is 8.39. The van der Waals surface area contributed by atoms with Gasteiger partial charge in [0, 0.05) is 25.3 Å². The van der Waals surface area contributed by atoms with Crippen molar-refractivity contribution in [2.75, 3.05) is 31.5 Å². The third-order valence-electron chi connectivity index (χ3n) is 4.54. The number of likely N-dealkylation sites (N-methyl/N-ethyl adjacent to an activating group) is 1. The molecule has 1 amide bonds. The number of rotatable bonds is 10. The first-order valence-electron chi connectivity index (χ1n) is 9.57. The molecule has 0 saturated heterocycles. The summed E-state index contributed by atoms with van der Waals surface area (Å²) in [4.78, 5) is 14.7. The number of hydrogen-bond acceptors (Lipinski definition) is 4. The number of nitrogens with one attached hydrogen (secondary N) is 1. The van der Waals surface area contributed by atoms with Gasteiger partial charge in [0.25, 0.3) is 0 Å². The Morgan fingerprint density at radius 1 is 0.893 bits per heavy atom. The van der Waals surface area contributed by atoms with Gasteiger partial charge in [0.05, 0.1) is 11.4 Å². The normalized spacial score (nSPS) is 11.8. The van der Waals surface area contributed by atoms with E-state index in [2.05, 4.69) is 5.32 Å². The molecule has 2 rings (SSSR count). The Balaban J connectivity index is 1.98. The smallest absolute Gasteiger partial charge is 0.243 e. The first-order chi connectivity index (χ1) is 13.4. The first-order valence-corrected chi connectivity index (χ1v) is 11.0. The summed E-state index contributed by atoms with van der Waals surface area (Å²) in [6.07, 6.45) is 0. The predicted molar refractivity (Wildman–Crippen MR) is 113 cm³/mol. The van der Waals surface area contributed by atoms with Crippen molar-refractivity contribution >= 4 is 21.6 Å². The number of amides is 1. The van der Waals surface area contributed by atoms with E-state index < -0.39 is 10.0 Å². The topological polar surface area (TPSA) is 69.7 Å². The lowest BCUT2D eigenvalue weighted by molar-refractivity contribution is -0.117. The van der Waals surface area contributed by atoms with Crippen LogP contribution in [0.25, 0.3) is 0 Å². The van der Waals surface area contributed by atoms with Crippen LogP contribution >= 0.6 is 0 Å². The summed E-state index contributed by atoms with van der Waals surface area (Å²) < 4.78 is 26.4. The minimum atomic E-state index is -3.49. The van der Waals surface area contributed by atoms with E-state index in [1.165, 1.54) is 16.4 Å². The van der Waals surface area contributed by atoms with Crippen molar-refractivity contribution in [1.82, 2.24) is 9.21 Å². The molecule has 28 heavy (non-hydrogen) atoms. The van der Waals surface area contributed by atoms with Crippen LogP contribution in [0.4, 0.5) is 5.69 Å². The molecule has 2 aromatic rings. The Morgan fingerprint density at radius 3 is 2.04 bits per heavy atom.